The van der Waals surface area contributed by atoms with Crippen LogP contribution in [0.4, 0.5) is 11.5 Å². The summed E-state index contributed by atoms with van der Waals surface area (Å²) in [5.41, 5.74) is 8.85. The monoisotopic (exact) mass is 242 g/mol. The van der Waals surface area contributed by atoms with Gasteiger partial charge < -0.3 is 10.6 Å². The van der Waals surface area contributed by atoms with Crippen LogP contribution in [0.25, 0.3) is 0 Å². The summed E-state index contributed by atoms with van der Waals surface area (Å²) in [4.78, 5) is 10.5. The van der Waals surface area contributed by atoms with Crippen LogP contribution >= 0.6 is 0 Å². The molecule has 0 aliphatic heterocycles. The second-order valence-corrected chi connectivity index (χ2v) is 4.43. The van der Waals surface area contributed by atoms with Gasteiger partial charge in [0.1, 0.15) is 5.82 Å². The highest BCUT2D eigenvalue weighted by Gasteiger charge is 2.04. The van der Waals surface area contributed by atoms with Gasteiger partial charge in [-0.1, -0.05) is 0 Å². The topological polar surface area (TPSA) is 55.0 Å². The summed E-state index contributed by atoms with van der Waals surface area (Å²) in [6, 6.07) is 6.09. The fourth-order valence-corrected chi connectivity index (χ4v) is 1.72. The number of anilines is 2. The standard InChI is InChI=1S/C14H18N4/c1-11-9-14(17-10-13(11)15)18(2)8-5-12-3-6-16-7-4-12/h3-4,6-7,9-10H,5,8,15H2,1-2H3. The van der Waals surface area contributed by atoms with E-state index in [0.29, 0.717) is 0 Å². The minimum Gasteiger partial charge on any atom is -0.397 e. The summed E-state index contributed by atoms with van der Waals surface area (Å²) in [5.74, 6) is 0.954. The molecule has 0 aliphatic carbocycles. The van der Waals surface area contributed by atoms with E-state index in [1.807, 2.05) is 44.6 Å². The van der Waals surface area contributed by atoms with Crippen molar-refractivity contribution in [2.24, 2.45) is 0 Å². The predicted molar refractivity (Wildman–Crippen MR) is 74.6 cm³/mol. The molecule has 2 rings (SSSR count). The number of nitrogens with two attached hydrogens (primary N) is 1. The van der Waals surface area contributed by atoms with Crippen LogP contribution in [0.3, 0.4) is 0 Å². The highest BCUT2D eigenvalue weighted by atomic mass is 15.2. The second-order valence-electron chi connectivity index (χ2n) is 4.43. The van der Waals surface area contributed by atoms with Gasteiger partial charge in [-0.3, -0.25) is 4.98 Å². The van der Waals surface area contributed by atoms with Gasteiger partial charge >= 0.3 is 0 Å². The third-order valence-electron chi connectivity index (χ3n) is 3.01. The Morgan fingerprint density at radius 2 is 2.00 bits per heavy atom. The Labute approximate surface area is 107 Å². The average Bonchev–Trinajstić information content (AvgIpc) is 2.40. The molecule has 0 aromatic carbocycles. The smallest absolute Gasteiger partial charge is 0.128 e. The Morgan fingerprint density at radius 3 is 2.67 bits per heavy atom. The summed E-state index contributed by atoms with van der Waals surface area (Å²) in [7, 11) is 2.04. The van der Waals surface area contributed by atoms with Gasteiger partial charge in [0, 0.05) is 26.0 Å². The van der Waals surface area contributed by atoms with E-state index in [9.17, 15) is 0 Å². The molecule has 0 bridgehead atoms. The van der Waals surface area contributed by atoms with Gasteiger partial charge in [-0.2, -0.15) is 0 Å². The fraction of sp³-hybridized carbons (Fsp3) is 0.286. The van der Waals surface area contributed by atoms with Crippen LogP contribution in [0, 0.1) is 6.92 Å². The number of nitrogen functional groups attached to an aromatic ring is 1. The number of hydrogen-bond acceptors (Lipinski definition) is 4. The van der Waals surface area contributed by atoms with E-state index in [2.05, 4.69) is 14.9 Å². The second kappa shape index (κ2) is 5.49. The summed E-state index contributed by atoms with van der Waals surface area (Å²) in [6.45, 7) is 2.91. The lowest BCUT2D eigenvalue weighted by atomic mass is 10.2. The van der Waals surface area contributed by atoms with Crippen molar-refractivity contribution >= 4 is 11.5 Å². The predicted octanol–water partition coefficient (Wildman–Crippen LogP) is 2.05. The van der Waals surface area contributed by atoms with Crippen molar-refractivity contribution in [3.8, 4) is 0 Å². The molecule has 2 aromatic rings. The number of nitrogens with zero attached hydrogens (tertiary/aromatic N) is 3. The molecule has 94 valence electrons. The van der Waals surface area contributed by atoms with E-state index < -0.39 is 0 Å². The van der Waals surface area contributed by atoms with Crippen LogP contribution in [-0.4, -0.2) is 23.6 Å². The Kier molecular flexibility index (Phi) is 3.77. The molecule has 4 heteroatoms. The van der Waals surface area contributed by atoms with Gasteiger partial charge in [0.25, 0.3) is 0 Å². The molecular formula is C14H18N4. The molecule has 0 aliphatic rings. The fourth-order valence-electron chi connectivity index (χ4n) is 1.72. The molecule has 4 nitrogen and oxygen atoms in total. The maximum absolute atomic E-state index is 5.77. The quantitative estimate of drug-likeness (QED) is 0.891. The van der Waals surface area contributed by atoms with E-state index in [-0.39, 0.29) is 0 Å². The number of pyridine rings is 2. The van der Waals surface area contributed by atoms with Crippen molar-refractivity contribution in [3.05, 3.63) is 47.9 Å². The first-order valence-electron chi connectivity index (χ1n) is 5.99. The van der Waals surface area contributed by atoms with E-state index >= 15 is 0 Å². The average molecular weight is 242 g/mol. The van der Waals surface area contributed by atoms with Crippen LogP contribution in [0.15, 0.2) is 36.8 Å². The van der Waals surface area contributed by atoms with Crippen LogP contribution in [-0.2, 0) is 6.42 Å². The summed E-state index contributed by atoms with van der Waals surface area (Å²) >= 11 is 0. The third-order valence-corrected chi connectivity index (χ3v) is 3.01. The number of hydrogen-bond donors (Lipinski definition) is 1. The first-order valence-corrected chi connectivity index (χ1v) is 5.99. The molecule has 2 N–H and O–H groups in total. The third kappa shape index (κ3) is 2.97. The summed E-state index contributed by atoms with van der Waals surface area (Å²) < 4.78 is 0. The van der Waals surface area contributed by atoms with E-state index in [4.69, 9.17) is 5.73 Å². The Morgan fingerprint density at radius 1 is 1.28 bits per heavy atom. The lowest BCUT2D eigenvalue weighted by Gasteiger charge is -2.18. The van der Waals surface area contributed by atoms with Crippen molar-refractivity contribution in [2.75, 3.05) is 24.2 Å². The highest BCUT2D eigenvalue weighted by Crippen LogP contribution is 2.16. The maximum atomic E-state index is 5.77. The van der Waals surface area contributed by atoms with Crippen molar-refractivity contribution in [1.29, 1.82) is 0 Å². The van der Waals surface area contributed by atoms with Gasteiger partial charge in [-0.05, 0) is 42.7 Å². The molecule has 0 radical (unpaired) electrons. The number of likely N-dealkylation sites (N-methyl/N-ethyl adjacent to an activating group) is 1. The Balaban J connectivity index is 1.99. The number of aryl methyl sites for hydroxylation is 1. The zero-order chi connectivity index (χ0) is 13.0. The van der Waals surface area contributed by atoms with E-state index in [1.165, 1.54) is 5.56 Å². The molecule has 0 atom stereocenters. The number of rotatable bonds is 4. The molecule has 0 fully saturated rings. The Hall–Kier alpha value is -2.10. The van der Waals surface area contributed by atoms with Gasteiger partial charge in [-0.15, -0.1) is 0 Å². The minimum absolute atomic E-state index is 0.737. The lowest BCUT2D eigenvalue weighted by molar-refractivity contribution is 0.858. The van der Waals surface area contributed by atoms with Crippen molar-refractivity contribution in [3.63, 3.8) is 0 Å². The molecule has 0 spiro atoms. The lowest BCUT2D eigenvalue weighted by Crippen LogP contribution is -2.21. The van der Waals surface area contributed by atoms with E-state index in [0.717, 1.165) is 30.0 Å². The SMILES string of the molecule is Cc1cc(N(C)CCc2ccncc2)ncc1N. The van der Waals surface area contributed by atoms with Crippen LogP contribution in [0.1, 0.15) is 11.1 Å². The Bertz CT molecular complexity index is 510. The van der Waals surface area contributed by atoms with Gasteiger partial charge in [0.2, 0.25) is 0 Å². The van der Waals surface area contributed by atoms with Crippen molar-refractivity contribution in [2.45, 2.75) is 13.3 Å². The molecule has 0 unspecified atom stereocenters. The molecular weight excluding hydrogens is 224 g/mol. The largest absolute Gasteiger partial charge is 0.397 e. The van der Waals surface area contributed by atoms with Crippen molar-refractivity contribution in [1.82, 2.24) is 9.97 Å². The van der Waals surface area contributed by atoms with Gasteiger partial charge in [0.15, 0.2) is 0 Å². The summed E-state index contributed by atoms with van der Waals surface area (Å²) in [6.07, 6.45) is 6.33. The van der Waals surface area contributed by atoms with Crippen LogP contribution in [0.2, 0.25) is 0 Å². The van der Waals surface area contributed by atoms with Crippen LogP contribution < -0.4 is 10.6 Å². The first kappa shape index (κ1) is 12.4. The zero-order valence-electron chi connectivity index (χ0n) is 10.8. The van der Waals surface area contributed by atoms with Crippen LogP contribution in [0.5, 0.6) is 0 Å². The molecule has 0 saturated heterocycles. The first-order chi connectivity index (χ1) is 8.66. The highest BCUT2D eigenvalue weighted by molar-refractivity contribution is 5.51. The molecule has 18 heavy (non-hydrogen) atoms. The van der Waals surface area contributed by atoms with Crippen molar-refractivity contribution < 1.29 is 0 Å². The molecule has 0 amide bonds. The minimum atomic E-state index is 0.737. The molecule has 0 saturated carbocycles. The number of aromatic nitrogens is 2. The summed E-state index contributed by atoms with van der Waals surface area (Å²) in [5, 5.41) is 0. The maximum Gasteiger partial charge on any atom is 0.128 e. The van der Waals surface area contributed by atoms with Gasteiger partial charge in [0.05, 0.1) is 11.9 Å². The van der Waals surface area contributed by atoms with Gasteiger partial charge in [-0.25, -0.2) is 4.98 Å². The molecule has 2 heterocycles. The zero-order valence-corrected chi connectivity index (χ0v) is 10.8. The van der Waals surface area contributed by atoms with E-state index in [1.54, 1.807) is 6.20 Å². The molecule has 2 aromatic heterocycles. The normalized spacial score (nSPS) is 10.3.